The molecule has 0 aliphatic heterocycles. The van der Waals surface area contributed by atoms with Gasteiger partial charge >= 0.3 is 6.09 Å². The molecule has 0 radical (unpaired) electrons. The zero-order chi connectivity index (χ0) is 16.2. The van der Waals surface area contributed by atoms with Crippen LogP contribution >= 0.6 is 0 Å². The number of aryl methyl sites for hydroxylation is 1. The lowest BCUT2D eigenvalue weighted by molar-refractivity contribution is 0.0492. The van der Waals surface area contributed by atoms with Crippen LogP contribution in [0.5, 0.6) is 0 Å². The van der Waals surface area contributed by atoms with E-state index in [-0.39, 0.29) is 12.1 Å². The maximum absolute atomic E-state index is 11.8. The second-order valence-electron chi connectivity index (χ2n) is 7.09. The zero-order valence-corrected chi connectivity index (χ0v) is 14.0. The van der Waals surface area contributed by atoms with E-state index in [0.29, 0.717) is 6.04 Å². The minimum absolute atomic E-state index is 0.212. The van der Waals surface area contributed by atoms with Crippen molar-refractivity contribution in [2.75, 3.05) is 5.32 Å². The molecule has 5 nitrogen and oxygen atoms in total. The molecular formula is C17H27N3O2. The summed E-state index contributed by atoms with van der Waals surface area (Å²) in [5.74, 6) is 0. The minimum atomic E-state index is -0.443. The fraction of sp³-hybridized carbons (Fsp3) is 0.647. The van der Waals surface area contributed by atoms with Crippen LogP contribution in [-0.4, -0.2) is 28.8 Å². The number of rotatable bonds is 3. The van der Waals surface area contributed by atoms with Gasteiger partial charge in [0.1, 0.15) is 5.60 Å². The number of nitrogens with zero attached hydrogens (tertiary/aromatic N) is 1. The number of amides is 1. The van der Waals surface area contributed by atoms with Gasteiger partial charge in [0.15, 0.2) is 0 Å². The van der Waals surface area contributed by atoms with Crippen molar-refractivity contribution in [1.29, 1.82) is 0 Å². The molecule has 5 heteroatoms. The van der Waals surface area contributed by atoms with Gasteiger partial charge in [-0.1, -0.05) is 0 Å². The third kappa shape index (κ3) is 5.54. The molecule has 0 spiro atoms. The molecule has 122 valence electrons. The molecule has 1 aromatic rings. The molecule has 0 atom stereocenters. The van der Waals surface area contributed by atoms with E-state index in [4.69, 9.17) is 4.74 Å². The molecule has 2 N–H and O–H groups in total. The molecule has 22 heavy (non-hydrogen) atoms. The van der Waals surface area contributed by atoms with Crippen molar-refractivity contribution in [3.8, 4) is 0 Å². The van der Waals surface area contributed by atoms with Gasteiger partial charge in [-0.25, -0.2) is 4.79 Å². The van der Waals surface area contributed by atoms with Crippen molar-refractivity contribution in [3.05, 3.63) is 24.0 Å². The monoisotopic (exact) mass is 305 g/mol. The van der Waals surface area contributed by atoms with Gasteiger partial charge in [0.2, 0.25) is 0 Å². The average molecular weight is 305 g/mol. The van der Waals surface area contributed by atoms with Crippen molar-refractivity contribution in [3.63, 3.8) is 0 Å². The Bertz CT molecular complexity index is 503. The van der Waals surface area contributed by atoms with Gasteiger partial charge < -0.3 is 15.4 Å². The second-order valence-corrected chi connectivity index (χ2v) is 7.09. The lowest BCUT2D eigenvalue weighted by atomic mass is 9.91. The zero-order valence-electron chi connectivity index (χ0n) is 14.0. The van der Waals surface area contributed by atoms with Crippen LogP contribution in [0, 0.1) is 6.92 Å². The van der Waals surface area contributed by atoms with E-state index < -0.39 is 5.60 Å². The van der Waals surface area contributed by atoms with Gasteiger partial charge in [-0.15, -0.1) is 0 Å². The van der Waals surface area contributed by atoms with E-state index in [2.05, 4.69) is 21.7 Å². The second kappa shape index (κ2) is 6.99. The number of hydrogen-bond acceptors (Lipinski definition) is 4. The highest BCUT2D eigenvalue weighted by atomic mass is 16.6. The Hall–Kier alpha value is -1.78. The Morgan fingerprint density at radius 3 is 2.41 bits per heavy atom. The minimum Gasteiger partial charge on any atom is -0.444 e. The largest absolute Gasteiger partial charge is 0.444 e. The van der Waals surface area contributed by atoms with E-state index in [1.807, 2.05) is 40.1 Å². The third-order valence-corrected chi connectivity index (χ3v) is 3.69. The maximum atomic E-state index is 11.8. The average Bonchev–Trinajstić information content (AvgIpc) is 2.39. The Labute approximate surface area is 132 Å². The topological polar surface area (TPSA) is 63.2 Å². The molecular weight excluding hydrogens is 278 g/mol. The fourth-order valence-electron chi connectivity index (χ4n) is 2.73. The van der Waals surface area contributed by atoms with E-state index in [1.54, 1.807) is 0 Å². The van der Waals surface area contributed by atoms with Crippen LogP contribution in [0.3, 0.4) is 0 Å². The smallest absolute Gasteiger partial charge is 0.407 e. The summed E-state index contributed by atoms with van der Waals surface area (Å²) >= 11 is 0. The summed E-state index contributed by atoms with van der Waals surface area (Å²) in [6.07, 6.45) is 7.41. The number of carbonyl (C=O) groups is 1. The van der Waals surface area contributed by atoms with Crippen LogP contribution in [0.2, 0.25) is 0 Å². The number of carbonyl (C=O) groups excluding carboxylic acids is 1. The summed E-state index contributed by atoms with van der Waals surface area (Å²) in [6, 6.07) is 2.77. The number of ether oxygens (including phenoxy) is 1. The van der Waals surface area contributed by atoms with E-state index in [1.165, 1.54) is 0 Å². The highest BCUT2D eigenvalue weighted by molar-refractivity contribution is 5.68. The van der Waals surface area contributed by atoms with Gasteiger partial charge in [0, 0.05) is 24.5 Å². The van der Waals surface area contributed by atoms with Crippen molar-refractivity contribution >= 4 is 11.8 Å². The Kier molecular flexibility index (Phi) is 5.27. The number of anilines is 1. The summed E-state index contributed by atoms with van der Waals surface area (Å²) in [5.41, 5.74) is 1.79. The predicted molar refractivity (Wildman–Crippen MR) is 88.0 cm³/mol. The van der Waals surface area contributed by atoms with Gasteiger partial charge in [-0.3, -0.25) is 4.98 Å². The highest BCUT2D eigenvalue weighted by Crippen LogP contribution is 2.22. The van der Waals surface area contributed by atoms with E-state index >= 15 is 0 Å². The lowest BCUT2D eigenvalue weighted by Gasteiger charge is -2.31. The van der Waals surface area contributed by atoms with Crippen molar-refractivity contribution < 1.29 is 9.53 Å². The molecule has 0 aromatic carbocycles. The number of nitrogens with one attached hydrogen (secondary N) is 2. The molecule has 1 aromatic heterocycles. The van der Waals surface area contributed by atoms with Crippen molar-refractivity contribution in [1.82, 2.24) is 10.3 Å². The molecule has 1 amide bonds. The van der Waals surface area contributed by atoms with Crippen LogP contribution < -0.4 is 10.6 Å². The number of aromatic nitrogens is 1. The van der Waals surface area contributed by atoms with Crippen LogP contribution in [0.1, 0.15) is 52.0 Å². The molecule has 1 heterocycles. The Morgan fingerprint density at radius 2 is 1.82 bits per heavy atom. The number of pyridine rings is 1. The van der Waals surface area contributed by atoms with Crippen molar-refractivity contribution in [2.24, 2.45) is 0 Å². The first-order valence-corrected chi connectivity index (χ1v) is 7.99. The van der Waals surface area contributed by atoms with Crippen LogP contribution in [0.25, 0.3) is 0 Å². The fourth-order valence-corrected chi connectivity index (χ4v) is 2.73. The molecule has 1 fully saturated rings. The molecule has 1 saturated carbocycles. The van der Waals surface area contributed by atoms with Crippen LogP contribution in [0.15, 0.2) is 18.5 Å². The van der Waals surface area contributed by atoms with Gasteiger partial charge in [0.05, 0.1) is 5.69 Å². The lowest BCUT2D eigenvalue weighted by Crippen LogP contribution is -2.42. The number of hydrogen-bond donors (Lipinski definition) is 2. The first-order chi connectivity index (χ1) is 10.3. The van der Waals surface area contributed by atoms with Gasteiger partial charge in [0.25, 0.3) is 0 Å². The predicted octanol–water partition coefficient (Wildman–Crippen LogP) is 3.64. The molecule has 2 rings (SSSR count). The maximum Gasteiger partial charge on any atom is 0.407 e. The van der Waals surface area contributed by atoms with Crippen LogP contribution in [-0.2, 0) is 4.74 Å². The van der Waals surface area contributed by atoms with E-state index in [9.17, 15) is 4.79 Å². The van der Waals surface area contributed by atoms with E-state index in [0.717, 1.165) is 36.9 Å². The normalized spacial score (nSPS) is 22.0. The molecule has 0 saturated heterocycles. The molecule has 0 bridgehead atoms. The van der Waals surface area contributed by atoms with Crippen LogP contribution in [0.4, 0.5) is 10.5 Å². The first-order valence-electron chi connectivity index (χ1n) is 7.99. The first kappa shape index (κ1) is 16.6. The Morgan fingerprint density at radius 1 is 1.18 bits per heavy atom. The summed E-state index contributed by atoms with van der Waals surface area (Å²) in [6.45, 7) is 7.68. The van der Waals surface area contributed by atoms with Gasteiger partial charge in [-0.05, 0) is 65.0 Å². The summed E-state index contributed by atoms with van der Waals surface area (Å²) in [7, 11) is 0. The third-order valence-electron chi connectivity index (χ3n) is 3.69. The quantitative estimate of drug-likeness (QED) is 0.895. The molecule has 1 aliphatic rings. The van der Waals surface area contributed by atoms with Gasteiger partial charge in [-0.2, -0.15) is 0 Å². The molecule has 0 unspecified atom stereocenters. The summed E-state index contributed by atoms with van der Waals surface area (Å²) < 4.78 is 5.30. The summed E-state index contributed by atoms with van der Waals surface area (Å²) in [4.78, 5) is 16.0. The highest BCUT2D eigenvalue weighted by Gasteiger charge is 2.24. The van der Waals surface area contributed by atoms with Crippen molar-refractivity contribution in [2.45, 2.75) is 71.1 Å². The Balaban J connectivity index is 1.75. The SMILES string of the molecule is Cc1cncc(NC2CCC(NC(=O)OC(C)(C)C)CC2)c1. The summed E-state index contributed by atoms with van der Waals surface area (Å²) in [5, 5.41) is 6.49. The standard InChI is InChI=1S/C17H27N3O2/c1-12-9-15(11-18-10-12)19-13-5-7-14(8-6-13)20-16(21)22-17(2,3)4/h9-11,13-14,19H,5-8H2,1-4H3,(H,20,21). The molecule has 1 aliphatic carbocycles. The number of alkyl carbamates (subject to hydrolysis) is 1.